The van der Waals surface area contributed by atoms with Crippen LogP contribution in [-0.2, 0) is 4.74 Å². The number of esters is 1. The van der Waals surface area contributed by atoms with E-state index in [0.717, 1.165) is 10.9 Å². The van der Waals surface area contributed by atoms with Gasteiger partial charge in [-0.15, -0.1) is 0 Å². The first-order chi connectivity index (χ1) is 11.1. The van der Waals surface area contributed by atoms with Crippen molar-refractivity contribution >= 4 is 34.3 Å². The summed E-state index contributed by atoms with van der Waals surface area (Å²) in [6.07, 6.45) is 0.712. The van der Waals surface area contributed by atoms with Gasteiger partial charge in [-0.05, 0) is 37.3 Å². The van der Waals surface area contributed by atoms with E-state index >= 15 is 0 Å². The van der Waals surface area contributed by atoms with Crippen molar-refractivity contribution in [1.29, 1.82) is 0 Å². The summed E-state index contributed by atoms with van der Waals surface area (Å²) < 4.78 is 5.31. The lowest BCUT2D eigenvalue weighted by Gasteiger charge is -2.12. The van der Waals surface area contributed by atoms with Crippen molar-refractivity contribution in [2.24, 2.45) is 0 Å². The number of benzene rings is 2. The van der Waals surface area contributed by atoms with Gasteiger partial charge in [0.15, 0.2) is 6.10 Å². The molecule has 5 heteroatoms. The monoisotopic (exact) mass is 327 g/mol. The third-order valence-corrected chi connectivity index (χ3v) is 3.84. The summed E-state index contributed by atoms with van der Waals surface area (Å²) in [5, 5.41) is 1.31. The fraction of sp³-hybridized carbons (Fsp3) is 0.111. The predicted molar refractivity (Wildman–Crippen MR) is 89.0 cm³/mol. The van der Waals surface area contributed by atoms with Gasteiger partial charge in [0.05, 0.1) is 5.56 Å². The van der Waals surface area contributed by atoms with Gasteiger partial charge >= 0.3 is 5.97 Å². The Morgan fingerprint density at radius 2 is 1.78 bits per heavy atom. The zero-order chi connectivity index (χ0) is 16.4. The van der Waals surface area contributed by atoms with Crippen LogP contribution in [0.4, 0.5) is 0 Å². The maximum Gasteiger partial charge on any atom is 0.341 e. The van der Waals surface area contributed by atoms with Crippen molar-refractivity contribution in [2.45, 2.75) is 13.0 Å². The molecule has 1 atom stereocenters. The van der Waals surface area contributed by atoms with E-state index in [1.807, 2.05) is 24.3 Å². The number of H-pyrrole nitrogens is 1. The summed E-state index contributed by atoms with van der Waals surface area (Å²) >= 11 is 5.80. The molecule has 4 nitrogen and oxygen atoms in total. The van der Waals surface area contributed by atoms with E-state index < -0.39 is 12.1 Å². The van der Waals surface area contributed by atoms with Crippen LogP contribution >= 0.6 is 11.6 Å². The third-order valence-electron chi connectivity index (χ3n) is 3.59. The average molecular weight is 328 g/mol. The standard InChI is InChI=1S/C18H14ClNO3/c1-11(17(21)12-6-8-13(19)9-7-12)23-18(22)15-10-20-16-5-3-2-4-14(15)16/h2-11,20H,1H3/t11-/m0/s1. The van der Waals surface area contributed by atoms with Crippen LogP contribution in [0.15, 0.2) is 54.7 Å². The number of halogens is 1. The van der Waals surface area contributed by atoms with Gasteiger partial charge < -0.3 is 9.72 Å². The molecular formula is C18H14ClNO3. The Kier molecular flexibility index (Phi) is 4.17. The molecule has 0 radical (unpaired) electrons. The zero-order valence-corrected chi connectivity index (χ0v) is 13.1. The maximum absolute atomic E-state index is 12.3. The molecule has 1 heterocycles. The highest BCUT2D eigenvalue weighted by Gasteiger charge is 2.22. The second-order valence-electron chi connectivity index (χ2n) is 5.17. The number of rotatable bonds is 4. The molecule has 0 fully saturated rings. The van der Waals surface area contributed by atoms with Gasteiger partial charge in [0.25, 0.3) is 0 Å². The lowest BCUT2D eigenvalue weighted by molar-refractivity contribution is 0.0321. The summed E-state index contributed by atoms with van der Waals surface area (Å²) in [4.78, 5) is 27.6. The van der Waals surface area contributed by atoms with Crippen LogP contribution in [0, 0.1) is 0 Å². The van der Waals surface area contributed by atoms with Crippen LogP contribution in [-0.4, -0.2) is 22.8 Å². The number of nitrogens with one attached hydrogen (secondary N) is 1. The van der Waals surface area contributed by atoms with E-state index in [4.69, 9.17) is 16.3 Å². The number of carbonyl (C=O) groups excluding carboxylic acids is 2. The molecule has 1 aromatic heterocycles. The molecule has 0 amide bonds. The van der Waals surface area contributed by atoms with Crippen LogP contribution in [0.5, 0.6) is 0 Å². The number of Topliss-reactive ketones (excluding diaryl/α,β-unsaturated/α-hetero) is 1. The topological polar surface area (TPSA) is 59.2 Å². The first-order valence-corrected chi connectivity index (χ1v) is 7.51. The predicted octanol–water partition coefficient (Wildman–Crippen LogP) is 4.25. The highest BCUT2D eigenvalue weighted by molar-refractivity contribution is 6.30. The molecule has 3 aromatic rings. The Hall–Kier alpha value is -2.59. The summed E-state index contributed by atoms with van der Waals surface area (Å²) in [7, 11) is 0. The smallest absolute Gasteiger partial charge is 0.341 e. The average Bonchev–Trinajstić information content (AvgIpc) is 2.99. The summed E-state index contributed by atoms with van der Waals surface area (Å²) in [5.74, 6) is -0.799. The minimum Gasteiger partial charge on any atom is -0.451 e. The highest BCUT2D eigenvalue weighted by atomic mass is 35.5. The Balaban J connectivity index is 1.77. The maximum atomic E-state index is 12.3. The van der Waals surface area contributed by atoms with Crippen molar-refractivity contribution in [1.82, 2.24) is 4.98 Å². The number of aromatic amines is 1. The quantitative estimate of drug-likeness (QED) is 0.575. The molecule has 0 aliphatic heterocycles. The molecule has 0 unspecified atom stereocenters. The van der Waals surface area contributed by atoms with E-state index in [1.165, 1.54) is 0 Å². The third kappa shape index (κ3) is 3.12. The van der Waals surface area contributed by atoms with Gasteiger partial charge in [-0.25, -0.2) is 4.79 Å². The van der Waals surface area contributed by atoms with Crippen molar-refractivity contribution in [3.05, 3.63) is 70.9 Å². The molecule has 0 saturated carbocycles. The van der Waals surface area contributed by atoms with Crippen LogP contribution in [0.3, 0.4) is 0 Å². The molecule has 23 heavy (non-hydrogen) atoms. The molecular weight excluding hydrogens is 314 g/mol. The van der Waals surface area contributed by atoms with Crippen molar-refractivity contribution in [2.75, 3.05) is 0 Å². The summed E-state index contributed by atoms with van der Waals surface area (Å²) in [5.41, 5.74) is 1.71. The van der Waals surface area contributed by atoms with Crippen LogP contribution in [0.1, 0.15) is 27.6 Å². The van der Waals surface area contributed by atoms with Crippen molar-refractivity contribution < 1.29 is 14.3 Å². The zero-order valence-electron chi connectivity index (χ0n) is 12.4. The molecule has 116 valence electrons. The minimum absolute atomic E-state index is 0.269. The van der Waals surface area contributed by atoms with E-state index in [1.54, 1.807) is 37.4 Å². The lowest BCUT2D eigenvalue weighted by Crippen LogP contribution is -2.24. The SMILES string of the molecule is C[C@H](OC(=O)c1c[nH]c2ccccc12)C(=O)c1ccc(Cl)cc1. The molecule has 0 spiro atoms. The molecule has 2 aromatic carbocycles. The number of para-hydroxylation sites is 1. The van der Waals surface area contributed by atoms with Gasteiger partial charge in [-0.1, -0.05) is 29.8 Å². The summed E-state index contributed by atoms with van der Waals surface area (Å²) in [6.45, 7) is 1.56. The number of aromatic nitrogens is 1. The Morgan fingerprint density at radius 3 is 2.52 bits per heavy atom. The second kappa shape index (κ2) is 6.26. The number of hydrogen-bond acceptors (Lipinski definition) is 3. The number of hydrogen-bond donors (Lipinski definition) is 1. The number of ketones is 1. The van der Waals surface area contributed by atoms with Gasteiger partial charge in [-0.3, -0.25) is 4.79 Å². The van der Waals surface area contributed by atoms with Crippen molar-refractivity contribution in [3.8, 4) is 0 Å². The molecule has 1 N–H and O–H groups in total. The van der Waals surface area contributed by atoms with Gasteiger partial charge in [0, 0.05) is 27.7 Å². The number of ether oxygens (including phenoxy) is 1. The fourth-order valence-corrected chi connectivity index (χ4v) is 2.49. The Labute approximate surface area is 138 Å². The normalized spacial score (nSPS) is 12.1. The lowest BCUT2D eigenvalue weighted by atomic mass is 10.1. The largest absolute Gasteiger partial charge is 0.451 e. The minimum atomic E-state index is -0.877. The molecule has 0 aliphatic rings. The van der Waals surface area contributed by atoms with Crippen LogP contribution in [0.25, 0.3) is 10.9 Å². The highest BCUT2D eigenvalue weighted by Crippen LogP contribution is 2.20. The summed E-state index contributed by atoms with van der Waals surface area (Å²) in [6, 6.07) is 13.9. The van der Waals surface area contributed by atoms with E-state index in [9.17, 15) is 9.59 Å². The molecule has 0 aliphatic carbocycles. The van der Waals surface area contributed by atoms with E-state index in [-0.39, 0.29) is 5.78 Å². The van der Waals surface area contributed by atoms with E-state index in [2.05, 4.69) is 4.98 Å². The molecule has 3 rings (SSSR count). The second-order valence-corrected chi connectivity index (χ2v) is 5.60. The van der Waals surface area contributed by atoms with E-state index in [0.29, 0.717) is 16.1 Å². The number of carbonyl (C=O) groups is 2. The van der Waals surface area contributed by atoms with Gasteiger partial charge in [-0.2, -0.15) is 0 Å². The molecule has 0 saturated heterocycles. The van der Waals surface area contributed by atoms with Gasteiger partial charge in [0.2, 0.25) is 5.78 Å². The number of fused-ring (bicyclic) bond motifs is 1. The first kappa shape index (κ1) is 15.3. The van der Waals surface area contributed by atoms with Crippen LogP contribution in [0.2, 0.25) is 5.02 Å². The van der Waals surface area contributed by atoms with Crippen LogP contribution < -0.4 is 0 Å². The first-order valence-electron chi connectivity index (χ1n) is 7.13. The van der Waals surface area contributed by atoms with Gasteiger partial charge in [0.1, 0.15) is 0 Å². The Morgan fingerprint density at radius 1 is 1.09 bits per heavy atom. The molecule has 0 bridgehead atoms. The Bertz CT molecular complexity index is 867. The van der Waals surface area contributed by atoms with Crippen molar-refractivity contribution in [3.63, 3.8) is 0 Å². The fourth-order valence-electron chi connectivity index (χ4n) is 2.37.